The molecule has 0 amide bonds. The molecule has 1 saturated heterocycles. The number of pyridine rings is 1. The molecular formula is C13H18N2O3. The summed E-state index contributed by atoms with van der Waals surface area (Å²) in [6.45, 7) is 3.30. The third kappa shape index (κ3) is 2.98. The Hall–Kier alpha value is -1.62. The molecule has 0 radical (unpaired) electrons. The highest BCUT2D eigenvalue weighted by atomic mass is 16.5. The van der Waals surface area contributed by atoms with Gasteiger partial charge in [0.1, 0.15) is 11.4 Å². The standard InChI is InChI=1S/C13H18N2O3/c1-9-4-6-14-12(11(9)13(16)17)15-7-5-10-3-2-8-18-10/h4,6,10H,2-3,5,7-8H2,1H3,(H,14,15)(H,16,17). The highest BCUT2D eigenvalue weighted by Crippen LogP contribution is 2.18. The minimum Gasteiger partial charge on any atom is -0.478 e. The third-order valence-corrected chi connectivity index (χ3v) is 3.16. The molecule has 1 aliphatic rings. The van der Waals surface area contributed by atoms with E-state index in [4.69, 9.17) is 9.84 Å². The van der Waals surface area contributed by atoms with E-state index < -0.39 is 5.97 Å². The number of aromatic nitrogens is 1. The Morgan fingerprint density at radius 3 is 3.17 bits per heavy atom. The van der Waals surface area contributed by atoms with E-state index in [2.05, 4.69) is 10.3 Å². The first-order valence-electron chi connectivity index (χ1n) is 6.23. The van der Waals surface area contributed by atoms with Crippen molar-refractivity contribution in [1.29, 1.82) is 0 Å². The molecule has 0 saturated carbocycles. The molecule has 98 valence electrons. The first-order valence-corrected chi connectivity index (χ1v) is 6.23. The zero-order valence-electron chi connectivity index (χ0n) is 10.5. The minimum atomic E-state index is -0.944. The zero-order chi connectivity index (χ0) is 13.0. The van der Waals surface area contributed by atoms with Crippen LogP contribution in [0, 0.1) is 6.92 Å². The molecule has 1 atom stereocenters. The van der Waals surface area contributed by atoms with Crippen LogP contribution in [0.25, 0.3) is 0 Å². The summed E-state index contributed by atoms with van der Waals surface area (Å²) in [5, 5.41) is 12.2. The van der Waals surface area contributed by atoms with E-state index in [1.807, 2.05) is 0 Å². The number of ether oxygens (including phenoxy) is 1. The summed E-state index contributed by atoms with van der Waals surface area (Å²) in [5.74, 6) is -0.499. The molecule has 5 heteroatoms. The number of nitrogens with one attached hydrogen (secondary N) is 1. The van der Waals surface area contributed by atoms with Gasteiger partial charge in [0.15, 0.2) is 0 Å². The van der Waals surface area contributed by atoms with Gasteiger partial charge in [-0.1, -0.05) is 0 Å². The summed E-state index contributed by atoms with van der Waals surface area (Å²) < 4.78 is 5.52. The van der Waals surface area contributed by atoms with Crippen molar-refractivity contribution in [3.05, 3.63) is 23.4 Å². The Bertz CT molecular complexity index is 428. The summed E-state index contributed by atoms with van der Waals surface area (Å²) in [4.78, 5) is 15.2. The molecule has 0 bridgehead atoms. The van der Waals surface area contributed by atoms with Crippen molar-refractivity contribution in [3.8, 4) is 0 Å². The molecule has 2 heterocycles. The van der Waals surface area contributed by atoms with Gasteiger partial charge in [-0.25, -0.2) is 9.78 Å². The van der Waals surface area contributed by atoms with Gasteiger partial charge in [-0.05, 0) is 37.8 Å². The molecule has 2 N–H and O–H groups in total. The number of rotatable bonds is 5. The Morgan fingerprint density at radius 2 is 2.50 bits per heavy atom. The maximum absolute atomic E-state index is 11.2. The van der Waals surface area contributed by atoms with Crippen molar-refractivity contribution in [2.45, 2.75) is 32.3 Å². The minimum absolute atomic E-state index is 0.254. The summed E-state index contributed by atoms with van der Waals surface area (Å²) >= 11 is 0. The fraction of sp³-hybridized carbons (Fsp3) is 0.538. The van der Waals surface area contributed by atoms with E-state index in [0.717, 1.165) is 31.4 Å². The van der Waals surface area contributed by atoms with Gasteiger partial charge in [-0.15, -0.1) is 0 Å². The SMILES string of the molecule is Cc1ccnc(NCCC2CCCO2)c1C(=O)O. The quantitative estimate of drug-likeness (QED) is 0.837. The number of nitrogens with zero attached hydrogens (tertiary/aromatic N) is 1. The van der Waals surface area contributed by atoms with Crippen LogP contribution in [-0.4, -0.2) is 35.3 Å². The maximum atomic E-state index is 11.2. The number of aromatic carboxylic acids is 1. The van der Waals surface area contributed by atoms with E-state index in [1.54, 1.807) is 19.2 Å². The molecule has 1 aromatic rings. The van der Waals surface area contributed by atoms with Crippen LogP contribution < -0.4 is 5.32 Å². The van der Waals surface area contributed by atoms with Gasteiger partial charge in [0.2, 0.25) is 0 Å². The molecule has 0 spiro atoms. The van der Waals surface area contributed by atoms with Gasteiger partial charge in [-0.2, -0.15) is 0 Å². The van der Waals surface area contributed by atoms with Crippen LogP contribution in [0.1, 0.15) is 35.2 Å². The fourth-order valence-electron chi connectivity index (χ4n) is 2.19. The molecular weight excluding hydrogens is 232 g/mol. The molecule has 1 aromatic heterocycles. The Balaban J connectivity index is 1.96. The van der Waals surface area contributed by atoms with E-state index >= 15 is 0 Å². The fourth-order valence-corrected chi connectivity index (χ4v) is 2.19. The van der Waals surface area contributed by atoms with Crippen molar-refractivity contribution in [1.82, 2.24) is 4.98 Å². The van der Waals surface area contributed by atoms with Crippen molar-refractivity contribution >= 4 is 11.8 Å². The van der Waals surface area contributed by atoms with Gasteiger partial charge in [0.05, 0.1) is 6.10 Å². The van der Waals surface area contributed by atoms with Crippen molar-refractivity contribution in [3.63, 3.8) is 0 Å². The van der Waals surface area contributed by atoms with Crippen LogP contribution in [0.3, 0.4) is 0 Å². The van der Waals surface area contributed by atoms with Crippen LogP contribution in [0.5, 0.6) is 0 Å². The number of carbonyl (C=O) groups is 1. The lowest BCUT2D eigenvalue weighted by molar-refractivity contribution is 0.0697. The van der Waals surface area contributed by atoms with Crippen molar-refractivity contribution < 1.29 is 14.6 Å². The lowest BCUT2D eigenvalue weighted by Crippen LogP contribution is -2.15. The lowest BCUT2D eigenvalue weighted by Gasteiger charge is -2.12. The average Bonchev–Trinajstić information content (AvgIpc) is 2.81. The molecule has 2 rings (SSSR count). The normalized spacial score (nSPS) is 18.8. The van der Waals surface area contributed by atoms with Crippen LogP contribution in [0.2, 0.25) is 0 Å². The number of hydrogen-bond acceptors (Lipinski definition) is 4. The predicted molar refractivity (Wildman–Crippen MR) is 68.0 cm³/mol. The number of carboxylic acids is 1. The van der Waals surface area contributed by atoms with Gasteiger partial charge < -0.3 is 15.2 Å². The van der Waals surface area contributed by atoms with Crippen LogP contribution in [0.15, 0.2) is 12.3 Å². The van der Waals surface area contributed by atoms with Crippen molar-refractivity contribution in [2.75, 3.05) is 18.5 Å². The number of hydrogen-bond donors (Lipinski definition) is 2. The monoisotopic (exact) mass is 250 g/mol. The maximum Gasteiger partial charge on any atom is 0.339 e. The van der Waals surface area contributed by atoms with E-state index in [-0.39, 0.29) is 5.56 Å². The summed E-state index contributed by atoms with van der Waals surface area (Å²) in [5.41, 5.74) is 0.974. The predicted octanol–water partition coefficient (Wildman–Crippen LogP) is 2.07. The second kappa shape index (κ2) is 5.82. The van der Waals surface area contributed by atoms with Crippen LogP contribution >= 0.6 is 0 Å². The molecule has 0 aromatic carbocycles. The van der Waals surface area contributed by atoms with Crippen LogP contribution in [-0.2, 0) is 4.74 Å². The highest BCUT2D eigenvalue weighted by molar-refractivity contribution is 5.94. The molecule has 18 heavy (non-hydrogen) atoms. The third-order valence-electron chi connectivity index (χ3n) is 3.16. The smallest absolute Gasteiger partial charge is 0.339 e. The van der Waals surface area contributed by atoms with Gasteiger partial charge in [-0.3, -0.25) is 0 Å². The highest BCUT2D eigenvalue weighted by Gasteiger charge is 2.17. The van der Waals surface area contributed by atoms with Gasteiger partial charge in [0, 0.05) is 19.3 Å². The average molecular weight is 250 g/mol. The lowest BCUT2D eigenvalue weighted by atomic mass is 10.1. The summed E-state index contributed by atoms with van der Waals surface area (Å²) in [6.07, 6.45) is 5.02. The molecule has 1 aliphatic heterocycles. The van der Waals surface area contributed by atoms with Gasteiger partial charge in [0.25, 0.3) is 0 Å². The number of anilines is 1. The largest absolute Gasteiger partial charge is 0.478 e. The van der Waals surface area contributed by atoms with E-state index in [1.165, 1.54) is 0 Å². The van der Waals surface area contributed by atoms with E-state index in [0.29, 0.717) is 18.5 Å². The second-order valence-electron chi connectivity index (χ2n) is 4.51. The Labute approximate surface area is 106 Å². The van der Waals surface area contributed by atoms with Gasteiger partial charge >= 0.3 is 5.97 Å². The number of aryl methyl sites for hydroxylation is 1. The Kier molecular flexibility index (Phi) is 4.15. The molecule has 5 nitrogen and oxygen atoms in total. The second-order valence-corrected chi connectivity index (χ2v) is 4.51. The van der Waals surface area contributed by atoms with Crippen LogP contribution in [0.4, 0.5) is 5.82 Å². The molecule has 1 fully saturated rings. The van der Waals surface area contributed by atoms with E-state index in [9.17, 15) is 4.79 Å². The first-order chi connectivity index (χ1) is 8.68. The zero-order valence-corrected chi connectivity index (χ0v) is 10.5. The molecule has 1 unspecified atom stereocenters. The molecule has 0 aliphatic carbocycles. The summed E-state index contributed by atoms with van der Waals surface area (Å²) in [6, 6.07) is 1.70. The summed E-state index contributed by atoms with van der Waals surface area (Å²) in [7, 11) is 0. The van der Waals surface area contributed by atoms with Crippen molar-refractivity contribution in [2.24, 2.45) is 0 Å². The topological polar surface area (TPSA) is 71.5 Å². The first kappa shape index (κ1) is 12.8. The number of carboxylic acid groups (broad SMARTS) is 1. The Morgan fingerprint density at radius 1 is 1.67 bits per heavy atom.